The van der Waals surface area contributed by atoms with E-state index in [1.165, 1.54) is 12.1 Å². The van der Waals surface area contributed by atoms with Crippen molar-refractivity contribution in [3.05, 3.63) is 63.4 Å². The summed E-state index contributed by atoms with van der Waals surface area (Å²) in [7, 11) is 0. The first kappa shape index (κ1) is 23.1. The number of hydrogen-bond donors (Lipinski definition) is 2. The van der Waals surface area contributed by atoms with Crippen LogP contribution in [-0.2, 0) is 0 Å². The van der Waals surface area contributed by atoms with Crippen molar-refractivity contribution in [1.82, 2.24) is 14.9 Å². The summed E-state index contributed by atoms with van der Waals surface area (Å²) in [5.74, 6) is -2.50. The molecule has 1 unspecified atom stereocenters. The SMILES string of the molecule is Cc1c(C(=O)N2CCCC2)ccc(C(N)=O)c1C(CC(F)(F)F)c1nc2ccc(Cl)cc2[nH]1. The van der Waals surface area contributed by atoms with E-state index in [4.69, 9.17) is 17.3 Å². The number of H-pyrrole nitrogens is 1. The van der Waals surface area contributed by atoms with Gasteiger partial charge in [-0.25, -0.2) is 4.98 Å². The average Bonchev–Trinajstić information content (AvgIpc) is 3.40. The van der Waals surface area contributed by atoms with E-state index < -0.39 is 24.4 Å². The Morgan fingerprint density at radius 1 is 1.18 bits per heavy atom. The van der Waals surface area contributed by atoms with Crippen LogP contribution in [-0.4, -0.2) is 45.9 Å². The number of nitrogens with zero attached hydrogens (tertiary/aromatic N) is 2. The van der Waals surface area contributed by atoms with E-state index in [9.17, 15) is 22.8 Å². The lowest BCUT2D eigenvalue weighted by Gasteiger charge is -2.24. The molecule has 0 radical (unpaired) electrons. The monoisotopic (exact) mass is 478 g/mol. The number of benzene rings is 2. The Labute approximate surface area is 192 Å². The predicted octanol–water partition coefficient (Wildman–Crippen LogP) is 4.94. The number of likely N-dealkylation sites (tertiary alicyclic amines) is 1. The Balaban J connectivity index is 1.91. The smallest absolute Gasteiger partial charge is 0.366 e. The standard InChI is InChI=1S/C23H22ClF3N4O2/c1-12-14(22(33)31-8-2-3-9-31)5-6-15(20(28)32)19(12)16(11-23(25,26)27)21-29-17-7-4-13(24)10-18(17)30-21/h4-7,10,16H,2-3,8-9,11H2,1H3,(H2,28,32)(H,29,30). The van der Waals surface area contributed by atoms with Crippen LogP contribution in [0.3, 0.4) is 0 Å². The van der Waals surface area contributed by atoms with Gasteiger partial charge >= 0.3 is 6.18 Å². The molecule has 1 atom stereocenters. The number of nitrogens with one attached hydrogen (secondary N) is 1. The number of carbonyl (C=O) groups excluding carboxylic acids is 2. The zero-order chi connectivity index (χ0) is 23.9. The topological polar surface area (TPSA) is 92.1 Å². The lowest BCUT2D eigenvalue weighted by Crippen LogP contribution is -2.29. The molecule has 3 N–H and O–H groups in total. The second-order valence-corrected chi connectivity index (χ2v) is 8.65. The van der Waals surface area contributed by atoms with Gasteiger partial charge in [-0.1, -0.05) is 11.6 Å². The van der Waals surface area contributed by atoms with Crippen molar-refractivity contribution in [2.45, 2.75) is 38.3 Å². The Hall–Kier alpha value is -3.07. The second-order valence-electron chi connectivity index (χ2n) is 8.22. The van der Waals surface area contributed by atoms with Gasteiger partial charge in [0.15, 0.2) is 0 Å². The number of fused-ring (bicyclic) bond motifs is 1. The molecule has 2 amide bonds. The van der Waals surface area contributed by atoms with Crippen LogP contribution in [0.2, 0.25) is 5.02 Å². The van der Waals surface area contributed by atoms with Gasteiger partial charge in [0.05, 0.1) is 23.4 Å². The highest BCUT2D eigenvalue weighted by atomic mass is 35.5. The molecule has 1 fully saturated rings. The molecule has 4 rings (SSSR count). The van der Waals surface area contributed by atoms with Crippen LogP contribution in [0.4, 0.5) is 13.2 Å². The Bertz CT molecular complexity index is 1230. The largest absolute Gasteiger partial charge is 0.390 e. The number of aromatic amines is 1. The molecule has 1 saturated heterocycles. The quantitative estimate of drug-likeness (QED) is 0.543. The maximum atomic E-state index is 13.7. The van der Waals surface area contributed by atoms with Crippen molar-refractivity contribution in [2.24, 2.45) is 5.73 Å². The van der Waals surface area contributed by atoms with Crippen molar-refractivity contribution < 1.29 is 22.8 Å². The van der Waals surface area contributed by atoms with Crippen LogP contribution >= 0.6 is 11.6 Å². The molecular weight excluding hydrogens is 457 g/mol. The summed E-state index contributed by atoms with van der Waals surface area (Å²) in [6.45, 7) is 2.72. The van der Waals surface area contributed by atoms with Gasteiger partial charge < -0.3 is 15.6 Å². The summed E-state index contributed by atoms with van der Waals surface area (Å²) in [6.07, 6.45) is -4.12. The van der Waals surface area contributed by atoms with Gasteiger partial charge in [-0.05, 0) is 61.2 Å². The predicted molar refractivity (Wildman–Crippen MR) is 118 cm³/mol. The number of alkyl halides is 3. The zero-order valence-corrected chi connectivity index (χ0v) is 18.6. The van der Waals surface area contributed by atoms with Crippen LogP contribution < -0.4 is 5.73 Å². The number of rotatable bonds is 5. The van der Waals surface area contributed by atoms with Crippen molar-refractivity contribution in [1.29, 1.82) is 0 Å². The fourth-order valence-electron chi connectivity index (χ4n) is 4.45. The van der Waals surface area contributed by atoms with Gasteiger partial charge in [0.25, 0.3) is 5.91 Å². The van der Waals surface area contributed by atoms with Crippen LogP contribution in [0, 0.1) is 6.92 Å². The molecule has 10 heteroatoms. The fourth-order valence-corrected chi connectivity index (χ4v) is 4.62. The minimum absolute atomic E-state index is 0.0148. The van der Waals surface area contributed by atoms with E-state index in [2.05, 4.69) is 9.97 Å². The van der Waals surface area contributed by atoms with E-state index in [0.29, 0.717) is 29.1 Å². The third-order valence-electron chi connectivity index (χ3n) is 5.98. The van der Waals surface area contributed by atoms with Gasteiger partial charge in [0, 0.05) is 29.2 Å². The first-order chi connectivity index (χ1) is 15.5. The number of aromatic nitrogens is 2. The first-order valence-electron chi connectivity index (χ1n) is 10.5. The zero-order valence-electron chi connectivity index (χ0n) is 17.8. The van der Waals surface area contributed by atoms with Gasteiger partial charge in [-0.15, -0.1) is 0 Å². The molecule has 1 aliphatic heterocycles. The molecule has 174 valence electrons. The molecule has 1 aliphatic rings. The summed E-state index contributed by atoms with van der Waals surface area (Å²) in [4.78, 5) is 34.2. The Morgan fingerprint density at radius 3 is 2.48 bits per heavy atom. The highest BCUT2D eigenvalue weighted by molar-refractivity contribution is 6.31. The summed E-state index contributed by atoms with van der Waals surface area (Å²) >= 11 is 6.01. The number of hydrogen-bond acceptors (Lipinski definition) is 3. The minimum atomic E-state index is -4.57. The summed E-state index contributed by atoms with van der Waals surface area (Å²) in [5, 5.41) is 0.400. The third kappa shape index (κ3) is 4.68. The van der Waals surface area contributed by atoms with Gasteiger partial charge in [-0.2, -0.15) is 13.2 Å². The summed E-state index contributed by atoms with van der Waals surface area (Å²) in [6, 6.07) is 7.53. The summed E-state index contributed by atoms with van der Waals surface area (Å²) < 4.78 is 41.1. The number of amides is 2. The van der Waals surface area contributed by atoms with Crippen LogP contribution in [0.15, 0.2) is 30.3 Å². The number of nitrogens with two attached hydrogens (primary N) is 1. The van der Waals surface area contributed by atoms with Gasteiger partial charge in [0.1, 0.15) is 5.82 Å². The normalized spacial score (nSPS) is 15.2. The van der Waals surface area contributed by atoms with Crippen molar-refractivity contribution in [3.63, 3.8) is 0 Å². The number of halogens is 4. The number of primary amides is 1. The molecule has 1 aromatic heterocycles. The van der Waals surface area contributed by atoms with E-state index in [-0.39, 0.29) is 34.0 Å². The van der Waals surface area contributed by atoms with E-state index in [1.54, 1.807) is 30.0 Å². The number of carbonyl (C=O) groups is 2. The molecule has 0 saturated carbocycles. The maximum Gasteiger partial charge on any atom is 0.390 e. The third-order valence-corrected chi connectivity index (χ3v) is 6.22. The van der Waals surface area contributed by atoms with Crippen LogP contribution in [0.1, 0.15) is 62.8 Å². The van der Waals surface area contributed by atoms with Crippen molar-refractivity contribution >= 4 is 34.4 Å². The van der Waals surface area contributed by atoms with E-state index in [0.717, 1.165) is 12.8 Å². The highest BCUT2D eigenvalue weighted by Gasteiger charge is 2.38. The van der Waals surface area contributed by atoms with E-state index in [1.807, 2.05) is 0 Å². The Morgan fingerprint density at radius 2 is 1.85 bits per heavy atom. The molecule has 0 bridgehead atoms. The summed E-state index contributed by atoms with van der Waals surface area (Å²) in [5.41, 5.74) is 6.96. The molecule has 0 aliphatic carbocycles. The lowest BCUT2D eigenvalue weighted by atomic mass is 9.84. The van der Waals surface area contributed by atoms with Crippen LogP contribution in [0.25, 0.3) is 11.0 Å². The minimum Gasteiger partial charge on any atom is -0.366 e. The van der Waals surface area contributed by atoms with Gasteiger partial charge in [-0.3, -0.25) is 9.59 Å². The second kappa shape index (κ2) is 8.70. The fraction of sp³-hybridized carbons (Fsp3) is 0.348. The van der Waals surface area contributed by atoms with Crippen molar-refractivity contribution in [3.8, 4) is 0 Å². The first-order valence-corrected chi connectivity index (χ1v) is 10.9. The van der Waals surface area contributed by atoms with Gasteiger partial charge in [0.2, 0.25) is 5.91 Å². The molecule has 6 nitrogen and oxygen atoms in total. The lowest BCUT2D eigenvalue weighted by molar-refractivity contribution is -0.137. The molecule has 2 aromatic carbocycles. The average molecular weight is 479 g/mol. The molecule has 2 heterocycles. The molecule has 33 heavy (non-hydrogen) atoms. The Kier molecular flexibility index (Phi) is 6.09. The number of imidazole rings is 1. The molecular formula is C23H22ClF3N4O2. The van der Waals surface area contributed by atoms with E-state index >= 15 is 0 Å². The maximum absolute atomic E-state index is 13.7. The molecule has 3 aromatic rings. The molecule has 0 spiro atoms. The van der Waals surface area contributed by atoms with Crippen molar-refractivity contribution in [2.75, 3.05) is 13.1 Å². The highest BCUT2D eigenvalue weighted by Crippen LogP contribution is 2.40. The van der Waals surface area contributed by atoms with Crippen LogP contribution in [0.5, 0.6) is 0 Å².